The highest BCUT2D eigenvalue weighted by molar-refractivity contribution is 5.35. The lowest BCUT2D eigenvalue weighted by Gasteiger charge is -2.19. The molecule has 1 aromatic heterocycles. The van der Waals surface area contributed by atoms with Crippen molar-refractivity contribution >= 4 is 0 Å². The maximum Gasteiger partial charge on any atom is 0.123 e. The van der Waals surface area contributed by atoms with E-state index in [0.717, 1.165) is 29.8 Å². The average Bonchev–Trinajstić information content (AvgIpc) is 2.88. The molecule has 19 heavy (non-hydrogen) atoms. The van der Waals surface area contributed by atoms with Gasteiger partial charge >= 0.3 is 0 Å². The van der Waals surface area contributed by atoms with Crippen LogP contribution in [0.5, 0.6) is 0 Å². The summed E-state index contributed by atoms with van der Waals surface area (Å²) in [7, 11) is 0. The molecule has 0 radical (unpaired) electrons. The Labute approximate surface area is 113 Å². The standard InChI is InChI=1S/C15H20FN3/c1-4-17-15(12-9-18-19(5-2)10-12)14-8-13(16)7-6-11(14)3/h6-10,15,17H,4-5H2,1-3H3. The average molecular weight is 261 g/mol. The molecule has 0 aliphatic carbocycles. The van der Waals surface area contributed by atoms with Crippen LogP contribution in [0, 0.1) is 12.7 Å². The fourth-order valence-corrected chi connectivity index (χ4v) is 2.24. The molecule has 1 heterocycles. The molecule has 4 heteroatoms. The van der Waals surface area contributed by atoms with Gasteiger partial charge in [-0.2, -0.15) is 5.10 Å². The Morgan fingerprint density at radius 2 is 2.16 bits per heavy atom. The molecule has 0 amide bonds. The van der Waals surface area contributed by atoms with Crippen molar-refractivity contribution in [1.29, 1.82) is 0 Å². The minimum absolute atomic E-state index is 0.0130. The molecular formula is C15H20FN3. The highest BCUT2D eigenvalue weighted by Crippen LogP contribution is 2.25. The molecule has 0 bridgehead atoms. The zero-order valence-corrected chi connectivity index (χ0v) is 11.7. The lowest BCUT2D eigenvalue weighted by atomic mass is 9.97. The third-order valence-electron chi connectivity index (χ3n) is 3.27. The van der Waals surface area contributed by atoms with Crippen LogP contribution in [-0.4, -0.2) is 16.3 Å². The number of hydrogen-bond donors (Lipinski definition) is 1. The van der Waals surface area contributed by atoms with Crippen LogP contribution in [-0.2, 0) is 6.54 Å². The second-order valence-corrected chi connectivity index (χ2v) is 4.62. The Bertz CT molecular complexity index is 548. The summed E-state index contributed by atoms with van der Waals surface area (Å²) in [6.07, 6.45) is 3.86. The van der Waals surface area contributed by atoms with Gasteiger partial charge in [-0.25, -0.2) is 4.39 Å². The molecule has 1 unspecified atom stereocenters. The Morgan fingerprint density at radius 3 is 2.79 bits per heavy atom. The molecule has 1 atom stereocenters. The molecule has 0 aliphatic heterocycles. The largest absolute Gasteiger partial charge is 0.306 e. The van der Waals surface area contributed by atoms with Crippen LogP contribution in [0.1, 0.15) is 36.6 Å². The minimum Gasteiger partial charge on any atom is -0.306 e. The highest BCUT2D eigenvalue weighted by Gasteiger charge is 2.17. The molecule has 0 fully saturated rings. The van der Waals surface area contributed by atoms with Gasteiger partial charge in [0.15, 0.2) is 0 Å². The summed E-state index contributed by atoms with van der Waals surface area (Å²) in [4.78, 5) is 0. The SMILES string of the molecule is CCNC(c1cnn(CC)c1)c1cc(F)ccc1C. The first kappa shape index (κ1) is 13.7. The smallest absolute Gasteiger partial charge is 0.123 e. The zero-order valence-electron chi connectivity index (χ0n) is 11.7. The van der Waals surface area contributed by atoms with Crippen molar-refractivity contribution in [2.45, 2.75) is 33.4 Å². The lowest BCUT2D eigenvalue weighted by Crippen LogP contribution is -2.22. The molecule has 1 aromatic carbocycles. The van der Waals surface area contributed by atoms with Crippen molar-refractivity contribution in [3.05, 3.63) is 53.1 Å². The monoisotopic (exact) mass is 261 g/mol. The Kier molecular flexibility index (Phi) is 4.32. The maximum absolute atomic E-state index is 13.5. The van der Waals surface area contributed by atoms with Crippen LogP contribution in [0.25, 0.3) is 0 Å². The van der Waals surface area contributed by atoms with Crippen molar-refractivity contribution in [2.24, 2.45) is 0 Å². The molecule has 3 nitrogen and oxygen atoms in total. The normalized spacial score (nSPS) is 12.6. The van der Waals surface area contributed by atoms with E-state index in [9.17, 15) is 4.39 Å². The Morgan fingerprint density at radius 1 is 1.37 bits per heavy atom. The van der Waals surface area contributed by atoms with Crippen molar-refractivity contribution in [1.82, 2.24) is 15.1 Å². The second-order valence-electron chi connectivity index (χ2n) is 4.62. The quantitative estimate of drug-likeness (QED) is 0.896. The van der Waals surface area contributed by atoms with Crippen molar-refractivity contribution in [3.63, 3.8) is 0 Å². The molecule has 0 saturated heterocycles. The lowest BCUT2D eigenvalue weighted by molar-refractivity contribution is 0.599. The summed E-state index contributed by atoms with van der Waals surface area (Å²) in [6, 6.07) is 4.91. The number of nitrogens with one attached hydrogen (secondary N) is 1. The van der Waals surface area contributed by atoms with Gasteiger partial charge in [-0.3, -0.25) is 4.68 Å². The molecule has 0 spiro atoms. The third kappa shape index (κ3) is 3.01. The summed E-state index contributed by atoms with van der Waals surface area (Å²) < 4.78 is 15.4. The van der Waals surface area contributed by atoms with E-state index >= 15 is 0 Å². The number of benzene rings is 1. The molecule has 102 valence electrons. The van der Waals surface area contributed by atoms with E-state index < -0.39 is 0 Å². The van der Waals surface area contributed by atoms with Gasteiger partial charge < -0.3 is 5.32 Å². The van der Waals surface area contributed by atoms with Crippen molar-refractivity contribution in [3.8, 4) is 0 Å². The predicted octanol–water partition coefficient (Wildman–Crippen LogP) is 3.05. The van der Waals surface area contributed by atoms with Crippen LogP contribution < -0.4 is 5.32 Å². The van der Waals surface area contributed by atoms with Crippen LogP contribution >= 0.6 is 0 Å². The number of hydrogen-bond acceptors (Lipinski definition) is 2. The third-order valence-corrected chi connectivity index (χ3v) is 3.27. The first-order valence-corrected chi connectivity index (χ1v) is 6.67. The zero-order chi connectivity index (χ0) is 13.8. The van der Waals surface area contributed by atoms with Gasteiger partial charge in [0.1, 0.15) is 5.82 Å². The number of nitrogens with zero attached hydrogens (tertiary/aromatic N) is 2. The van der Waals surface area contributed by atoms with E-state index in [1.165, 1.54) is 6.07 Å². The number of aryl methyl sites for hydroxylation is 2. The number of halogens is 1. The van der Waals surface area contributed by atoms with Gasteiger partial charge in [0.2, 0.25) is 0 Å². The fraction of sp³-hybridized carbons (Fsp3) is 0.400. The summed E-state index contributed by atoms with van der Waals surface area (Å²) in [5, 5.41) is 7.70. The van der Waals surface area contributed by atoms with Gasteiger partial charge in [0.25, 0.3) is 0 Å². The topological polar surface area (TPSA) is 29.9 Å². The minimum atomic E-state index is -0.202. The van der Waals surface area contributed by atoms with Gasteiger partial charge in [-0.15, -0.1) is 0 Å². The predicted molar refractivity (Wildman–Crippen MR) is 74.6 cm³/mol. The van der Waals surface area contributed by atoms with Gasteiger partial charge in [0.05, 0.1) is 12.2 Å². The molecule has 2 rings (SSSR count). The van der Waals surface area contributed by atoms with Crippen LogP contribution in [0.4, 0.5) is 4.39 Å². The van der Waals surface area contributed by atoms with Crippen LogP contribution in [0.2, 0.25) is 0 Å². The van der Waals surface area contributed by atoms with Crippen molar-refractivity contribution in [2.75, 3.05) is 6.54 Å². The Balaban J connectivity index is 2.41. The van der Waals surface area contributed by atoms with E-state index in [0.29, 0.717) is 0 Å². The molecular weight excluding hydrogens is 241 g/mol. The molecule has 0 saturated carbocycles. The van der Waals surface area contributed by atoms with E-state index in [2.05, 4.69) is 10.4 Å². The maximum atomic E-state index is 13.5. The van der Waals surface area contributed by atoms with E-state index in [1.807, 2.05) is 43.9 Å². The number of aromatic nitrogens is 2. The van der Waals surface area contributed by atoms with Crippen LogP contribution in [0.15, 0.2) is 30.6 Å². The first-order chi connectivity index (χ1) is 9.15. The van der Waals surface area contributed by atoms with Gasteiger partial charge in [-0.05, 0) is 43.7 Å². The van der Waals surface area contributed by atoms with E-state index in [1.54, 1.807) is 6.07 Å². The highest BCUT2D eigenvalue weighted by atomic mass is 19.1. The summed E-state index contributed by atoms with van der Waals surface area (Å²) in [6.45, 7) is 7.75. The van der Waals surface area contributed by atoms with Gasteiger partial charge in [-0.1, -0.05) is 13.0 Å². The summed E-state index contributed by atoms with van der Waals surface area (Å²) >= 11 is 0. The summed E-state index contributed by atoms with van der Waals surface area (Å²) in [5.74, 6) is -0.202. The Hall–Kier alpha value is -1.68. The summed E-state index contributed by atoms with van der Waals surface area (Å²) in [5.41, 5.74) is 3.12. The molecule has 0 aliphatic rings. The van der Waals surface area contributed by atoms with E-state index in [4.69, 9.17) is 0 Å². The molecule has 1 N–H and O–H groups in total. The second kappa shape index (κ2) is 5.97. The van der Waals surface area contributed by atoms with Gasteiger partial charge in [0, 0.05) is 18.3 Å². The van der Waals surface area contributed by atoms with Crippen molar-refractivity contribution < 1.29 is 4.39 Å². The first-order valence-electron chi connectivity index (χ1n) is 6.67. The molecule has 2 aromatic rings. The van der Waals surface area contributed by atoms with Crippen LogP contribution in [0.3, 0.4) is 0 Å². The fourth-order valence-electron chi connectivity index (χ4n) is 2.24. The number of rotatable bonds is 5. The van der Waals surface area contributed by atoms with E-state index in [-0.39, 0.29) is 11.9 Å².